The average molecular weight is 340 g/mol. The highest BCUT2D eigenvalue weighted by atomic mass is 16.6. The Balaban J connectivity index is 2.59. The SMILES string of the molecule is COc1ccc(C(=CC#N)c2ccc([N+](=O)[O-])c(OC)c2)cc1OC. The lowest BCUT2D eigenvalue weighted by Crippen LogP contribution is -1.97. The predicted octanol–water partition coefficient (Wildman–Crippen LogP) is 3.58. The highest BCUT2D eigenvalue weighted by molar-refractivity contribution is 5.83. The minimum absolute atomic E-state index is 0.117. The van der Waals surface area contributed by atoms with Crippen molar-refractivity contribution in [1.82, 2.24) is 0 Å². The summed E-state index contributed by atoms with van der Waals surface area (Å²) in [5.41, 5.74) is 1.75. The smallest absolute Gasteiger partial charge is 0.310 e. The molecule has 0 aromatic heterocycles. The predicted molar refractivity (Wildman–Crippen MR) is 91.9 cm³/mol. The molecule has 2 aromatic carbocycles. The van der Waals surface area contributed by atoms with Gasteiger partial charge in [-0.2, -0.15) is 5.26 Å². The third kappa shape index (κ3) is 3.70. The molecule has 7 heteroatoms. The molecule has 0 N–H and O–H groups in total. The Morgan fingerprint density at radius 1 is 1.00 bits per heavy atom. The lowest BCUT2D eigenvalue weighted by Gasteiger charge is -2.12. The third-order valence-electron chi connectivity index (χ3n) is 3.59. The number of hydrogen-bond donors (Lipinski definition) is 0. The van der Waals surface area contributed by atoms with Crippen LogP contribution in [0, 0.1) is 21.4 Å². The number of rotatable bonds is 6. The average Bonchev–Trinajstić information content (AvgIpc) is 2.64. The van der Waals surface area contributed by atoms with Crippen molar-refractivity contribution in [1.29, 1.82) is 5.26 Å². The van der Waals surface area contributed by atoms with Gasteiger partial charge in [-0.3, -0.25) is 10.1 Å². The van der Waals surface area contributed by atoms with E-state index in [2.05, 4.69) is 0 Å². The van der Waals surface area contributed by atoms with Crippen molar-refractivity contribution >= 4 is 11.3 Å². The normalized spacial score (nSPS) is 10.7. The zero-order chi connectivity index (χ0) is 18.4. The van der Waals surface area contributed by atoms with Gasteiger partial charge in [0.2, 0.25) is 0 Å². The minimum atomic E-state index is -0.521. The minimum Gasteiger partial charge on any atom is -0.493 e. The fraction of sp³-hybridized carbons (Fsp3) is 0.167. The van der Waals surface area contributed by atoms with Gasteiger partial charge in [-0.1, -0.05) is 6.07 Å². The van der Waals surface area contributed by atoms with E-state index in [0.717, 1.165) is 0 Å². The van der Waals surface area contributed by atoms with Crippen LogP contribution in [0.5, 0.6) is 17.2 Å². The van der Waals surface area contributed by atoms with Gasteiger partial charge in [0.25, 0.3) is 0 Å². The van der Waals surface area contributed by atoms with E-state index in [9.17, 15) is 10.1 Å². The van der Waals surface area contributed by atoms with E-state index >= 15 is 0 Å². The molecule has 0 bridgehead atoms. The summed E-state index contributed by atoms with van der Waals surface area (Å²) in [6.07, 6.45) is 1.36. The first kappa shape index (κ1) is 17.8. The summed E-state index contributed by atoms with van der Waals surface area (Å²) in [5, 5.41) is 20.2. The molecular formula is C18H16N2O5. The number of allylic oxidation sites excluding steroid dienone is 1. The maximum absolute atomic E-state index is 11.0. The summed E-state index contributed by atoms with van der Waals surface area (Å²) >= 11 is 0. The molecule has 0 aliphatic heterocycles. The first-order valence-electron chi connectivity index (χ1n) is 7.20. The van der Waals surface area contributed by atoms with Gasteiger partial charge in [0, 0.05) is 12.1 Å². The molecule has 0 aliphatic carbocycles. The van der Waals surface area contributed by atoms with Crippen LogP contribution in [0.15, 0.2) is 42.5 Å². The number of methoxy groups -OCH3 is 3. The van der Waals surface area contributed by atoms with Crippen LogP contribution in [-0.2, 0) is 0 Å². The molecular weight excluding hydrogens is 324 g/mol. The lowest BCUT2D eigenvalue weighted by molar-refractivity contribution is -0.385. The summed E-state index contributed by atoms with van der Waals surface area (Å²) in [5.74, 6) is 1.19. The van der Waals surface area contributed by atoms with Crippen molar-refractivity contribution < 1.29 is 19.1 Å². The van der Waals surface area contributed by atoms with Crippen LogP contribution in [0.3, 0.4) is 0 Å². The zero-order valence-electron chi connectivity index (χ0n) is 14.0. The second-order valence-corrected chi connectivity index (χ2v) is 4.90. The summed E-state index contributed by atoms with van der Waals surface area (Å²) in [6, 6.07) is 11.7. The van der Waals surface area contributed by atoms with Crippen LogP contribution >= 0.6 is 0 Å². The van der Waals surface area contributed by atoms with Gasteiger partial charge in [-0.05, 0) is 41.0 Å². The molecule has 2 aromatic rings. The van der Waals surface area contributed by atoms with Crippen LogP contribution in [0.4, 0.5) is 5.69 Å². The van der Waals surface area contributed by atoms with Crippen molar-refractivity contribution in [2.24, 2.45) is 0 Å². The van der Waals surface area contributed by atoms with E-state index < -0.39 is 4.92 Å². The van der Waals surface area contributed by atoms with E-state index in [4.69, 9.17) is 19.5 Å². The molecule has 0 atom stereocenters. The molecule has 7 nitrogen and oxygen atoms in total. The van der Waals surface area contributed by atoms with E-state index in [1.165, 1.54) is 39.5 Å². The summed E-state index contributed by atoms with van der Waals surface area (Å²) < 4.78 is 15.6. The number of hydrogen-bond acceptors (Lipinski definition) is 6. The second kappa shape index (κ2) is 7.84. The van der Waals surface area contributed by atoms with Gasteiger partial charge in [0.15, 0.2) is 17.2 Å². The topological polar surface area (TPSA) is 94.6 Å². The Kier molecular flexibility index (Phi) is 5.58. The molecule has 0 amide bonds. The monoisotopic (exact) mass is 340 g/mol. The van der Waals surface area contributed by atoms with Crippen molar-refractivity contribution in [3.63, 3.8) is 0 Å². The molecule has 2 rings (SSSR count). The maximum Gasteiger partial charge on any atom is 0.310 e. The van der Waals surface area contributed by atoms with E-state index in [0.29, 0.717) is 28.2 Å². The lowest BCUT2D eigenvalue weighted by atomic mass is 9.96. The molecule has 0 heterocycles. The Hall–Kier alpha value is -3.53. The molecule has 0 fully saturated rings. The van der Waals surface area contributed by atoms with E-state index in [-0.39, 0.29) is 11.4 Å². The fourth-order valence-corrected chi connectivity index (χ4v) is 2.40. The first-order chi connectivity index (χ1) is 12.0. The van der Waals surface area contributed by atoms with Crippen LogP contribution in [0.1, 0.15) is 11.1 Å². The van der Waals surface area contributed by atoms with Crippen molar-refractivity contribution in [3.05, 3.63) is 63.7 Å². The van der Waals surface area contributed by atoms with Gasteiger partial charge in [-0.15, -0.1) is 0 Å². The second-order valence-electron chi connectivity index (χ2n) is 4.90. The number of benzene rings is 2. The van der Waals surface area contributed by atoms with Crippen molar-refractivity contribution in [2.45, 2.75) is 0 Å². The zero-order valence-corrected chi connectivity index (χ0v) is 14.0. The first-order valence-corrected chi connectivity index (χ1v) is 7.20. The standard InChI is InChI=1S/C18H16N2O5/c1-23-16-7-5-13(11-18(16)25-3)14(8-9-19)12-4-6-15(20(21)22)17(10-12)24-2/h4-8,10-11H,1-3H3. The maximum atomic E-state index is 11.0. The summed E-state index contributed by atoms with van der Waals surface area (Å²) in [6.45, 7) is 0. The van der Waals surface area contributed by atoms with E-state index in [1.54, 1.807) is 24.3 Å². The quantitative estimate of drug-likeness (QED) is 0.453. The Morgan fingerprint density at radius 2 is 1.56 bits per heavy atom. The molecule has 128 valence electrons. The molecule has 0 saturated heterocycles. The molecule has 0 saturated carbocycles. The number of ether oxygens (including phenoxy) is 3. The number of nitrogens with zero attached hydrogens (tertiary/aromatic N) is 2. The summed E-state index contributed by atoms with van der Waals surface area (Å²) in [7, 11) is 4.41. The van der Waals surface area contributed by atoms with Gasteiger partial charge >= 0.3 is 5.69 Å². The molecule has 0 unspecified atom stereocenters. The summed E-state index contributed by atoms with van der Waals surface area (Å²) in [4.78, 5) is 10.5. The van der Waals surface area contributed by atoms with E-state index in [1.807, 2.05) is 6.07 Å². The number of nitro groups is 1. The van der Waals surface area contributed by atoms with Crippen LogP contribution in [-0.4, -0.2) is 26.3 Å². The number of nitro benzene ring substituents is 1. The van der Waals surface area contributed by atoms with Crippen molar-refractivity contribution in [2.75, 3.05) is 21.3 Å². The third-order valence-corrected chi connectivity index (χ3v) is 3.59. The molecule has 0 aliphatic rings. The molecule has 25 heavy (non-hydrogen) atoms. The largest absolute Gasteiger partial charge is 0.493 e. The van der Waals surface area contributed by atoms with Crippen molar-refractivity contribution in [3.8, 4) is 23.3 Å². The van der Waals surface area contributed by atoms with Gasteiger partial charge in [-0.25, -0.2) is 0 Å². The molecule has 0 spiro atoms. The molecule has 0 radical (unpaired) electrons. The number of nitriles is 1. The van der Waals surface area contributed by atoms with Gasteiger partial charge in [0.05, 0.1) is 32.3 Å². The Bertz CT molecular complexity index is 868. The van der Waals surface area contributed by atoms with Crippen LogP contribution in [0.25, 0.3) is 5.57 Å². The Morgan fingerprint density at radius 3 is 2.08 bits per heavy atom. The Labute approximate surface area is 144 Å². The fourth-order valence-electron chi connectivity index (χ4n) is 2.40. The van der Waals surface area contributed by atoms with Gasteiger partial charge < -0.3 is 14.2 Å². The van der Waals surface area contributed by atoms with Crippen LogP contribution in [0.2, 0.25) is 0 Å². The highest BCUT2D eigenvalue weighted by Crippen LogP contribution is 2.36. The highest BCUT2D eigenvalue weighted by Gasteiger charge is 2.17. The van der Waals surface area contributed by atoms with Gasteiger partial charge in [0.1, 0.15) is 0 Å². The van der Waals surface area contributed by atoms with Crippen LogP contribution < -0.4 is 14.2 Å².